The van der Waals surface area contributed by atoms with Crippen LogP contribution in [0.3, 0.4) is 0 Å². The predicted molar refractivity (Wildman–Crippen MR) is 94.3 cm³/mol. The summed E-state index contributed by atoms with van der Waals surface area (Å²) < 4.78 is 0.334. The molecule has 0 atom stereocenters. The zero-order valence-electron chi connectivity index (χ0n) is 12.9. The number of hydrogen-bond donors (Lipinski definition) is 3. The molecule has 0 unspecified atom stereocenters. The average Bonchev–Trinajstić information content (AvgIpc) is 2.97. The minimum absolute atomic E-state index is 0.00436. The Kier molecular flexibility index (Phi) is 6.15. The molecule has 0 aliphatic heterocycles. The van der Waals surface area contributed by atoms with Gasteiger partial charge in [-0.3, -0.25) is 15.2 Å². The molecule has 3 N–H and O–H groups in total. The van der Waals surface area contributed by atoms with Gasteiger partial charge in [-0.1, -0.05) is 22.9 Å². The normalized spacial score (nSPS) is 11.5. The number of nitro groups is 1. The number of aromatic hydroxyl groups is 1. The maximum Gasteiger partial charge on any atom is 0.342 e. The van der Waals surface area contributed by atoms with Crippen molar-refractivity contribution in [3.8, 4) is 5.75 Å². The van der Waals surface area contributed by atoms with Crippen LogP contribution in [-0.4, -0.2) is 36.3 Å². The molecule has 2 rings (SSSR count). The number of hydrogen-bond acceptors (Lipinski definition) is 7. The Hall–Kier alpha value is -2.40. The van der Waals surface area contributed by atoms with E-state index in [2.05, 4.69) is 31.1 Å². The number of rotatable bonds is 7. The number of thioether (sulfide) groups is 1. The first-order chi connectivity index (χ1) is 11.8. The second-order valence-electron chi connectivity index (χ2n) is 4.85. The molecule has 1 aromatic carbocycles. The smallest absolute Gasteiger partial charge is 0.342 e. The number of benzene rings is 1. The number of H-pyrrole nitrogens is 1. The lowest BCUT2D eigenvalue weighted by molar-refractivity contribution is -0.385. The molecule has 0 bridgehead atoms. The standard InChI is InChI=1S/C14H13BrN4O5S/c1-2-3-11-16-14(18-17-11)25-10(13(21)22)5-7-4-8(15)6-9(12(7)20)19(23)24/h4-6,20H,2-3H2,1H3,(H,21,22)(H,16,17,18)/b10-5-. The van der Waals surface area contributed by atoms with Gasteiger partial charge < -0.3 is 10.2 Å². The molecular formula is C14H13BrN4O5S. The maximum atomic E-state index is 11.5. The lowest BCUT2D eigenvalue weighted by atomic mass is 10.1. The second-order valence-corrected chi connectivity index (χ2v) is 6.78. The lowest BCUT2D eigenvalue weighted by Crippen LogP contribution is -1.98. The summed E-state index contributed by atoms with van der Waals surface area (Å²) in [5, 5.41) is 37.2. The van der Waals surface area contributed by atoms with Gasteiger partial charge in [0.05, 0.1) is 4.92 Å². The number of aromatic nitrogens is 3. The van der Waals surface area contributed by atoms with Crippen molar-refractivity contribution in [1.29, 1.82) is 0 Å². The predicted octanol–water partition coefficient (Wildman–Crippen LogP) is 3.35. The fraction of sp³-hybridized carbons (Fsp3) is 0.214. The largest absolute Gasteiger partial charge is 0.502 e. The highest BCUT2D eigenvalue weighted by Crippen LogP contribution is 2.36. The lowest BCUT2D eigenvalue weighted by Gasteiger charge is -2.04. The fourth-order valence-electron chi connectivity index (χ4n) is 1.90. The van der Waals surface area contributed by atoms with Crippen molar-refractivity contribution in [3.05, 3.63) is 43.0 Å². The van der Waals surface area contributed by atoms with Gasteiger partial charge in [0.1, 0.15) is 10.7 Å². The first-order valence-electron chi connectivity index (χ1n) is 7.02. The molecule has 0 amide bonds. The summed E-state index contributed by atoms with van der Waals surface area (Å²) in [5.41, 5.74) is -0.534. The Bertz CT molecular complexity index is 852. The molecule has 0 saturated carbocycles. The number of nitro benzene ring substituents is 1. The highest BCUT2D eigenvalue weighted by molar-refractivity contribution is 9.10. The summed E-state index contributed by atoms with van der Waals surface area (Å²) in [6.07, 6.45) is 2.67. The number of aryl methyl sites for hydroxylation is 1. The number of phenols is 1. The van der Waals surface area contributed by atoms with E-state index in [-0.39, 0.29) is 15.6 Å². The average molecular weight is 429 g/mol. The highest BCUT2D eigenvalue weighted by Gasteiger charge is 2.20. The Morgan fingerprint density at radius 2 is 2.24 bits per heavy atom. The second kappa shape index (κ2) is 8.12. The summed E-state index contributed by atoms with van der Waals surface area (Å²) >= 11 is 3.88. The van der Waals surface area contributed by atoms with Crippen molar-refractivity contribution >= 4 is 45.4 Å². The van der Waals surface area contributed by atoms with Gasteiger partial charge in [0.2, 0.25) is 10.9 Å². The molecule has 1 heterocycles. The summed E-state index contributed by atoms with van der Waals surface area (Å²) in [5.74, 6) is -1.25. The van der Waals surface area contributed by atoms with Crippen LogP contribution in [0.15, 0.2) is 26.7 Å². The molecule has 0 fully saturated rings. The topological polar surface area (TPSA) is 142 Å². The van der Waals surface area contributed by atoms with Gasteiger partial charge in [-0.15, -0.1) is 5.10 Å². The van der Waals surface area contributed by atoms with E-state index in [1.54, 1.807) is 0 Å². The van der Waals surface area contributed by atoms with Crippen LogP contribution in [0, 0.1) is 10.1 Å². The van der Waals surface area contributed by atoms with Crippen molar-refractivity contribution in [1.82, 2.24) is 15.2 Å². The number of carboxylic acids is 1. The number of halogens is 1. The molecule has 132 valence electrons. The Morgan fingerprint density at radius 3 is 2.84 bits per heavy atom. The van der Waals surface area contributed by atoms with Crippen molar-refractivity contribution in [2.45, 2.75) is 24.9 Å². The van der Waals surface area contributed by atoms with Crippen LogP contribution in [0.4, 0.5) is 5.69 Å². The first-order valence-corrected chi connectivity index (χ1v) is 8.63. The summed E-state index contributed by atoms with van der Waals surface area (Å²) in [6.45, 7) is 1.97. The third-order valence-electron chi connectivity index (χ3n) is 2.98. The minimum atomic E-state index is -1.27. The van der Waals surface area contributed by atoms with Gasteiger partial charge in [-0.2, -0.15) is 0 Å². The molecule has 0 aliphatic rings. The molecule has 0 spiro atoms. The van der Waals surface area contributed by atoms with Crippen molar-refractivity contribution in [2.24, 2.45) is 0 Å². The van der Waals surface area contributed by atoms with E-state index in [0.717, 1.165) is 30.3 Å². The molecule has 0 radical (unpaired) electrons. The number of nitrogens with zero attached hydrogens (tertiary/aromatic N) is 3. The van der Waals surface area contributed by atoms with Crippen LogP contribution in [-0.2, 0) is 11.2 Å². The number of aliphatic carboxylic acids is 1. The van der Waals surface area contributed by atoms with Crippen molar-refractivity contribution in [2.75, 3.05) is 0 Å². The molecule has 25 heavy (non-hydrogen) atoms. The van der Waals surface area contributed by atoms with Gasteiger partial charge in [0, 0.05) is 22.5 Å². The summed E-state index contributed by atoms with van der Waals surface area (Å²) in [7, 11) is 0. The number of carboxylic acid groups (broad SMARTS) is 1. The fourth-order valence-corrected chi connectivity index (χ4v) is 3.08. The number of nitrogens with one attached hydrogen (secondary N) is 1. The van der Waals surface area contributed by atoms with E-state index >= 15 is 0 Å². The molecule has 1 aromatic heterocycles. The number of phenolic OH excluding ortho intramolecular Hbond substituents is 1. The molecular weight excluding hydrogens is 416 g/mol. The van der Waals surface area contributed by atoms with Crippen LogP contribution in [0.2, 0.25) is 0 Å². The van der Waals surface area contributed by atoms with E-state index in [1.807, 2.05) is 6.92 Å². The summed E-state index contributed by atoms with van der Waals surface area (Å²) in [6, 6.07) is 2.51. The molecule has 0 aliphatic carbocycles. The molecule has 0 saturated heterocycles. The zero-order valence-corrected chi connectivity index (χ0v) is 15.3. The third kappa shape index (κ3) is 4.79. The zero-order chi connectivity index (χ0) is 18.6. The van der Waals surface area contributed by atoms with Gasteiger partial charge >= 0.3 is 11.7 Å². The van der Waals surface area contributed by atoms with E-state index in [4.69, 9.17) is 0 Å². The minimum Gasteiger partial charge on any atom is -0.502 e. The SMILES string of the molecule is CCCc1nc(S/C(=C\c2cc(Br)cc([N+](=O)[O-])c2O)C(=O)O)n[nH]1. The number of aromatic amines is 1. The van der Waals surface area contributed by atoms with E-state index < -0.39 is 22.3 Å². The molecule has 11 heteroatoms. The Balaban J connectivity index is 2.39. The molecule has 2 aromatic rings. The quantitative estimate of drug-likeness (QED) is 0.263. The maximum absolute atomic E-state index is 11.5. The van der Waals surface area contributed by atoms with Gasteiger partial charge in [0.15, 0.2) is 0 Å². The van der Waals surface area contributed by atoms with E-state index in [0.29, 0.717) is 16.7 Å². The Labute approximate surface area is 154 Å². The van der Waals surface area contributed by atoms with Crippen LogP contribution in [0.25, 0.3) is 6.08 Å². The van der Waals surface area contributed by atoms with E-state index in [1.165, 1.54) is 6.07 Å². The monoisotopic (exact) mass is 428 g/mol. The van der Waals surface area contributed by atoms with Crippen molar-refractivity contribution in [3.63, 3.8) is 0 Å². The van der Waals surface area contributed by atoms with Crippen LogP contribution in [0.1, 0.15) is 24.7 Å². The van der Waals surface area contributed by atoms with Crippen LogP contribution >= 0.6 is 27.7 Å². The van der Waals surface area contributed by atoms with Gasteiger partial charge in [-0.25, -0.2) is 9.78 Å². The van der Waals surface area contributed by atoms with E-state index in [9.17, 15) is 25.1 Å². The summed E-state index contributed by atoms with van der Waals surface area (Å²) in [4.78, 5) is 25.7. The number of carbonyl (C=O) groups is 1. The molecule has 9 nitrogen and oxygen atoms in total. The van der Waals surface area contributed by atoms with Crippen LogP contribution in [0.5, 0.6) is 5.75 Å². The van der Waals surface area contributed by atoms with Crippen molar-refractivity contribution < 1.29 is 19.9 Å². The highest BCUT2D eigenvalue weighted by atomic mass is 79.9. The van der Waals surface area contributed by atoms with Gasteiger partial charge in [-0.05, 0) is 30.3 Å². The van der Waals surface area contributed by atoms with Gasteiger partial charge in [0.25, 0.3) is 0 Å². The Morgan fingerprint density at radius 1 is 1.52 bits per heavy atom. The van der Waals surface area contributed by atoms with Crippen LogP contribution < -0.4 is 0 Å². The first kappa shape index (κ1) is 18.9. The third-order valence-corrected chi connectivity index (χ3v) is 4.31.